The van der Waals surface area contributed by atoms with E-state index in [0.717, 1.165) is 49.2 Å². The summed E-state index contributed by atoms with van der Waals surface area (Å²) in [5.74, 6) is -2.50. The number of anilines is 3. The Morgan fingerprint density at radius 2 is 1.93 bits per heavy atom. The highest BCUT2D eigenvalue weighted by Crippen LogP contribution is 2.39. The normalized spacial score (nSPS) is 19.5. The van der Waals surface area contributed by atoms with Crippen LogP contribution in [0.25, 0.3) is 11.3 Å². The summed E-state index contributed by atoms with van der Waals surface area (Å²) in [5.41, 5.74) is -1.01. The summed E-state index contributed by atoms with van der Waals surface area (Å²) in [6, 6.07) is 1.93. The number of ether oxygens (including phenoxy) is 1. The maximum absolute atomic E-state index is 15.9. The number of nitrogens with zero attached hydrogens (tertiary/aromatic N) is 6. The largest absolute Gasteiger partial charge is 0.466 e. The highest BCUT2D eigenvalue weighted by atomic mass is 32.1. The van der Waals surface area contributed by atoms with E-state index in [1.165, 1.54) is 0 Å². The molecule has 0 aliphatic carbocycles. The van der Waals surface area contributed by atoms with Crippen LogP contribution in [0.2, 0.25) is 0 Å². The van der Waals surface area contributed by atoms with Crippen LogP contribution in [0.15, 0.2) is 24.5 Å². The van der Waals surface area contributed by atoms with Crippen molar-refractivity contribution >= 4 is 34.1 Å². The number of carbonyl (C=O) groups excluding carboxylic acids is 1. The van der Waals surface area contributed by atoms with Crippen LogP contribution in [0, 0.1) is 11.6 Å². The number of likely N-dealkylation sites (tertiary alicyclic amines) is 1. The number of esters is 1. The lowest BCUT2D eigenvalue weighted by Crippen LogP contribution is -2.55. The number of rotatable bonds is 11. The Morgan fingerprint density at radius 1 is 1.13 bits per heavy atom. The molecule has 4 heterocycles. The first-order valence-corrected chi connectivity index (χ1v) is 15.9. The minimum Gasteiger partial charge on any atom is -0.466 e. The van der Waals surface area contributed by atoms with E-state index >= 15 is 4.39 Å². The number of hydrogen-bond donors (Lipinski definition) is 1. The SMILES string of the molecule is CCOC(=O)CCN1CCN(c2ncnc(Nc3nc(-c4cc(F)cc(C(F)(F)F)c4)c(CN4CCC[C@H]4C)s3)c2F)C[C@H]1CF. The number of hydrogen-bond acceptors (Lipinski definition) is 10. The second kappa shape index (κ2) is 14.5. The van der Waals surface area contributed by atoms with Crippen LogP contribution in [0.4, 0.5) is 43.1 Å². The average Bonchev–Trinajstić information content (AvgIpc) is 3.61. The van der Waals surface area contributed by atoms with Gasteiger partial charge in [0.25, 0.3) is 0 Å². The van der Waals surface area contributed by atoms with Gasteiger partial charge in [-0.25, -0.2) is 23.7 Å². The molecular formula is C30H35F6N7O2S. The first-order valence-electron chi connectivity index (χ1n) is 15.1. The van der Waals surface area contributed by atoms with E-state index in [4.69, 9.17) is 4.74 Å². The highest BCUT2D eigenvalue weighted by molar-refractivity contribution is 7.16. The Balaban J connectivity index is 1.39. The van der Waals surface area contributed by atoms with E-state index in [9.17, 15) is 26.7 Å². The first-order chi connectivity index (χ1) is 22.0. The molecule has 2 saturated heterocycles. The predicted octanol–water partition coefficient (Wildman–Crippen LogP) is 6.04. The minimum atomic E-state index is -4.76. The van der Waals surface area contributed by atoms with Crippen molar-refractivity contribution in [3.05, 3.63) is 46.6 Å². The summed E-state index contributed by atoms with van der Waals surface area (Å²) in [6.45, 7) is 5.57. The number of piperazine rings is 1. The van der Waals surface area contributed by atoms with Crippen molar-refractivity contribution < 1.29 is 35.9 Å². The molecule has 0 spiro atoms. The Kier molecular flexibility index (Phi) is 10.7. The van der Waals surface area contributed by atoms with Gasteiger partial charge in [-0.2, -0.15) is 17.6 Å². The smallest absolute Gasteiger partial charge is 0.416 e. The lowest BCUT2D eigenvalue weighted by atomic mass is 10.1. The number of nitrogens with one attached hydrogen (secondary N) is 1. The summed E-state index contributed by atoms with van der Waals surface area (Å²) in [7, 11) is 0. The van der Waals surface area contributed by atoms with Gasteiger partial charge in [0.2, 0.25) is 5.82 Å². The molecule has 2 fully saturated rings. The zero-order valence-electron chi connectivity index (χ0n) is 25.4. The van der Waals surface area contributed by atoms with Gasteiger partial charge in [-0.15, -0.1) is 0 Å². The number of alkyl halides is 4. The fraction of sp³-hybridized carbons (Fsp3) is 0.533. The van der Waals surface area contributed by atoms with E-state index in [0.29, 0.717) is 37.1 Å². The maximum Gasteiger partial charge on any atom is 0.416 e. The molecular weight excluding hydrogens is 636 g/mol. The molecule has 46 heavy (non-hydrogen) atoms. The van der Waals surface area contributed by atoms with Gasteiger partial charge in [0.15, 0.2) is 16.8 Å². The molecule has 16 heteroatoms. The molecule has 2 atom stereocenters. The van der Waals surface area contributed by atoms with Gasteiger partial charge in [-0.3, -0.25) is 14.6 Å². The number of aromatic nitrogens is 3. The third kappa shape index (κ3) is 7.89. The minimum absolute atomic E-state index is 0.0413. The number of thiazole rings is 1. The standard InChI is InChI=1S/C30H35F6N7O2S/c1-3-45-24(44)6-8-41-9-10-43(15-22(41)14-31)28-25(33)27(37-17-38-28)40-29-39-26(23(46-29)16-42-7-4-5-18(42)2)19-11-20(30(34,35)36)13-21(32)12-19/h11-13,17-18,22H,3-10,14-16H2,1-2H3,(H,37,38,39,40)/t18-,22-/m1/s1. The summed E-state index contributed by atoms with van der Waals surface area (Å²) < 4.78 is 89.8. The Hall–Kier alpha value is -3.50. The van der Waals surface area contributed by atoms with Gasteiger partial charge in [0, 0.05) is 49.2 Å². The average molecular weight is 672 g/mol. The van der Waals surface area contributed by atoms with E-state index in [1.54, 1.807) is 11.8 Å². The molecule has 9 nitrogen and oxygen atoms in total. The van der Waals surface area contributed by atoms with Gasteiger partial charge in [-0.05, 0) is 51.4 Å². The van der Waals surface area contributed by atoms with Crippen molar-refractivity contribution in [2.24, 2.45) is 0 Å². The Bertz CT molecular complexity index is 1520. The van der Waals surface area contributed by atoms with Crippen LogP contribution in [0.1, 0.15) is 43.6 Å². The second-order valence-corrected chi connectivity index (χ2v) is 12.4. The molecule has 1 aromatic carbocycles. The zero-order chi connectivity index (χ0) is 33.0. The molecule has 2 aliphatic heterocycles. The van der Waals surface area contributed by atoms with E-state index in [1.807, 2.05) is 4.90 Å². The van der Waals surface area contributed by atoms with Crippen molar-refractivity contribution in [1.29, 1.82) is 0 Å². The van der Waals surface area contributed by atoms with Gasteiger partial charge in [0.1, 0.15) is 18.8 Å². The van der Waals surface area contributed by atoms with Crippen LogP contribution in [-0.2, 0) is 22.3 Å². The van der Waals surface area contributed by atoms with E-state index in [-0.39, 0.29) is 59.6 Å². The second-order valence-electron chi connectivity index (χ2n) is 11.3. The first kappa shape index (κ1) is 33.9. The molecule has 250 valence electrons. The molecule has 2 aromatic heterocycles. The number of benzene rings is 1. The van der Waals surface area contributed by atoms with Gasteiger partial charge >= 0.3 is 12.1 Å². The van der Waals surface area contributed by atoms with Crippen molar-refractivity contribution in [3.63, 3.8) is 0 Å². The van der Waals surface area contributed by atoms with Crippen LogP contribution in [0.5, 0.6) is 0 Å². The van der Waals surface area contributed by atoms with Crippen molar-refractivity contribution in [3.8, 4) is 11.3 Å². The highest BCUT2D eigenvalue weighted by Gasteiger charge is 2.33. The molecule has 5 rings (SSSR count). The summed E-state index contributed by atoms with van der Waals surface area (Å²) in [4.78, 5) is 30.6. The molecule has 0 bridgehead atoms. The fourth-order valence-electron chi connectivity index (χ4n) is 5.80. The zero-order valence-corrected chi connectivity index (χ0v) is 26.2. The monoisotopic (exact) mass is 671 g/mol. The van der Waals surface area contributed by atoms with Crippen molar-refractivity contribution in [2.45, 2.75) is 57.9 Å². The summed E-state index contributed by atoms with van der Waals surface area (Å²) in [6.07, 6.45) is -1.55. The van der Waals surface area contributed by atoms with Crippen LogP contribution in [-0.4, -0.2) is 88.8 Å². The molecule has 1 N–H and O–H groups in total. The Labute approximate surface area is 266 Å². The lowest BCUT2D eigenvalue weighted by Gasteiger charge is -2.40. The number of carbonyl (C=O) groups is 1. The molecule has 0 saturated carbocycles. The fourth-order valence-corrected chi connectivity index (χ4v) is 6.81. The number of halogens is 6. The maximum atomic E-state index is 15.9. The molecule has 2 aliphatic rings. The van der Waals surface area contributed by atoms with Crippen molar-refractivity contribution in [1.82, 2.24) is 24.8 Å². The third-order valence-electron chi connectivity index (χ3n) is 8.22. The van der Waals surface area contributed by atoms with Gasteiger partial charge < -0.3 is 15.0 Å². The predicted molar refractivity (Wildman–Crippen MR) is 162 cm³/mol. The summed E-state index contributed by atoms with van der Waals surface area (Å²) in [5, 5.41) is 3.00. The van der Waals surface area contributed by atoms with Crippen LogP contribution >= 0.6 is 11.3 Å². The quantitative estimate of drug-likeness (QED) is 0.194. The Morgan fingerprint density at radius 3 is 2.63 bits per heavy atom. The molecule has 0 amide bonds. The van der Waals surface area contributed by atoms with Crippen molar-refractivity contribution in [2.75, 3.05) is 56.2 Å². The lowest BCUT2D eigenvalue weighted by molar-refractivity contribution is -0.143. The summed E-state index contributed by atoms with van der Waals surface area (Å²) >= 11 is 1.12. The molecule has 0 radical (unpaired) electrons. The third-order valence-corrected chi connectivity index (χ3v) is 9.18. The molecule has 3 aromatic rings. The van der Waals surface area contributed by atoms with Crippen LogP contribution in [0.3, 0.4) is 0 Å². The van der Waals surface area contributed by atoms with E-state index < -0.39 is 36.1 Å². The van der Waals surface area contributed by atoms with Gasteiger partial charge in [0.05, 0.1) is 30.3 Å². The van der Waals surface area contributed by atoms with E-state index in [2.05, 4.69) is 32.1 Å². The molecule has 0 unspecified atom stereocenters. The van der Waals surface area contributed by atoms with Gasteiger partial charge in [-0.1, -0.05) is 11.3 Å². The van der Waals surface area contributed by atoms with Crippen LogP contribution < -0.4 is 10.2 Å². The topological polar surface area (TPSA) is 86.7 Å².